The number of hydrogen-bond donors (Lipinski definition) is 0. The van der Waals surface area contributed by atoms with Gasteiger partial charge < -0.3 is 14.4 Å². The third kappa shape index (κ3) is 2.42. The van der Waals surface area contributed by atoms with Crippen LogP contribution in [0.2, 0.25) is 0 Å². The lowest BCUT2D eigenvalue weighted by Gasteiger charge is -2.21. The second-order valence-corrected chi connectivity index (χ2v) is 5.66. The SMILES string of the molecule is Cn1cnc(N2CCC(C(=O)N3CCCC3)C2)cc1=O. The van der Waals surface area contributed by atoms with Gasteiger partial charge in [0, 0.05) is 39.3 Å². The van der Waals surface area contributed by atoms with Gasteiger partial charge in [-0.05, 0) is 19.3 Å². The fourth-order valence-electron chi connectivity index (χ4n) is 2.99. The predicted octanol–water partition coefficient (Wildman–Crippen LogP) is 0.229. The van der Waals surface area contributed by atoms with Gasteiger partial charge in [0.15, 0.2) is 0 Å². The molecule has 2 aliphatic heterocycles. The topological polar surface area (TPSA) is 58.4 Å². The number of aryl methyl sites for hydroxylation is 1. The Hall–Kier alpha value is -1.85. The van der Waals surface area contributed by atoms with Crippen LogP contribution in [0.1, 0.15) is 19.3 Å². The predicted molar refractivity (Wildman–Crippen MR) is 75.6 cm³/mol. The maximum absolute atomic E-state index is 12.4. The molecule has 0 aromatic carbocycles. The summed E-state index contributed by atoms with van der Waals surface area (Å²) >= 11 is 0. The van der Waals surface area contributed by atoms with Gasteiger partial charge in [-0.15, -0.1) is 0 Å². The van der Waals surface area contributed by atoms with Crippen LogP contribution in [0, 0.1) is 5.92 Å². The van der Waals surface area contributed by atoms with E-state index in [0.29, 0.717) is 12.4 Å². The minimum atomic E-state index is -0.0654. The van der Waals surface area contributed by atoms with Crippen LogP contribution in [-0.2, 0) is 11.8 Å². The number of carbonyl (C=O) groups excluding carboxylic acids is 1. The van der Waals surface area contributed by atoms with Crippen LogP contribution in [0.4, 0.5) is 5.82 Å². The highest BCUT2D eigenvalue weighted by molar-refractivity contribution is 5.80. The fourth-order valence-corrected chi connectivity index (χ4v) is 2.99. The molecular weight excluding hydrogens is 256 g/mol. The molecule has 1 atom stereocenters. The van der Waals surface area contributed by atoms with E-state index in [0.717, 1.165) is 38.9 Å². The number of hydrogen-bond acceptors (Lipinski definition) is 4. The largest absolute Gasteiger partial charge is 0.356 e. The zero-order chi connectivity index (χ0) is 14.1. The van der Waals surface area contributed by atoms with Gasteiger partial charge in [0.25, 0.3) is 5.56 Å². The third-order valence-electron chi connectivity index (χ3n) is 4.24. The number of nitrogens with zero attached hydrogens (tertiary/aromatic N) is 4. The van der Waals surface area contributed by atoms with Gasteiger partial charge in [-0.2, -0.15) is 0 Å². The zero-order valence-corrected chi connectivity index (χ0v) is 11.8. The molecule has 0 N–H and O–H groups in total. The average molecular weight is 276 g/mol. The molecule has 0 aliphatic carbocycles. The van der Waals surface area contributed by atoms with Crippen LogP contribution >= 0.6 is 0 Å². The van der Waals surface area contributed by atoms with E-state index in [9.17, 15) is 9.59 Å². The molecule has 0 bridgehead atoms. The molecule has 2 fully saturated rings. The van der Waals surface area contributed by atoms with Crippen molar-refractivity contribution in [1.29, 1.82) is 0 Å². The molecule has 3 heterocycles. The second-order valence-electron chi connectivity index (χ2n) is 5.66. The number of carbonyl (C=O) groups is 1. The van der Waals surface area contributed by atoms with Gasteiger partial charge in [-0.1, -0.05) is 0 Å². The van der Waals surface area contributed by atoms with E-state index in [2.05, 4.69) is 4.98 Å². The Kier molecular flexibility index (Phi) is 3.46. The first-order valence-electron chi connectivity index (χ1n) is 7.21. The summed E-state index contributed by atoms with van der Waals surface area (Å²) in [5.41, 5.74) is -0.0654. The minimum absolute atomic E-state index is 0.0546. The summed E-state index contributed by atoms with van der Waals surface area (Å²) < 4.78 is 1.45. The van der Waals surface area contributed by atoms with Gasteiger partial charge in [0.05, 0.1) is 12.2 Å². The van der Waals surface area contributed by atoms with Gasteiger partial charge in [-0.3, -0.25) is 9.59 Å². The van der Waals surface area contributed by atoms with Gasteiger partial charge in [0.2, 0.25) is 5.91 Å². The molecule has 0 spiro atoms. The number of aromatic nitrogens is 2. The summed E-state index contributed by atoms with van der Waals surface area (Å²) in [6, 6.07) is 1.54. The van der Waals surface area contributed by atoms with Crippen molar-refractivity contribution in [3.05, 3.63) is 22.7 Å². The molecule has 0 saturated carbocycles. The molecule has 1 amide bonds. The molecule has 1 unspecified atom stereocenters. The van der Waals surface area contributed by atoms with Crippen molar-refractivity contribution >= 4 is 11.7 Å². The molecule has 20 heavy (non-hydrogen) atoms. The summed E-state index contributed by atoms with van der Waals surface area (Å²) in [7, 11) is 1.68. The second kappa shape index (κ2) is 5.26. The minimum Gasteiger partial charge on any atom is -0.356 e. The maximum Gasteiger partial charge on any atom is 0.255 e. The molecule has 1 aromatic rings. The van der Waals surface area contributed by atoms with Crippen molar-refractivity contribution in [3.63, 3.8) is 0 Å². The molecule has 6 heteroatoms. The van der Waals surface area contributed by atoms with Gasteiger partial charge in [0.1, 0.15) is 5.82 Å². The van der Waals surface area contributed by atoms with Crippen LogP contribution in [-0.4, -0.2) is 46.5 Å². The molecule has 2 aliphatic rings. The fraction of sp³-hybridized carbons (Fsp3) is 0.643. The molecule has 3 rings (SSSR count). The lowest BCUT2D eigenvalue weighted by atomic mass is 10.1. The molecular formula is C14H20N4O2. The van der Waals surface area contributed by atoms with Crippen molar-refractivity contribution in [3.8, 4) is 0 Å². The Morgan fingerprint density at radius 1 is 1.30 bits per heavy atom. The highest BCUT2D eigenvalue weighted by Gasteiger charge is 2.32. The summed E-state index contributed by atoms with van der Waals surface area (Å²) in [4.78, 5) is 32.3. The Balaban J connectivity index is 1.68. The normalized spacial score (nSPS) is 22.6. The van der Waals surface area contributed by atoms with Crippen LogP contribution in [0.3, 0.4) is 0 Å². The number of rotatable bonds is 2. The first kappa shape index (κ1) is 13.1. The molecule has 2 saturated heterocycles. The highest BCUT2D eigenvalue weighted by atomic mass is 16.2. The van der Waals surface area contributed by atoms with E-state index < -0.39 is 0 Å². The number of anilines is 1. The van der Waals surface area contributed by atoms with E-state index in [1.54, 1.807) is 13.1 Å². The quantitative estimate of drug-likeness (QED) is 0.776. The maximum atomic E-state index is 12.4. The molecule has 108 valence electrons. The summed E-state index contributed by atoms with van der Waals surface area (Å²) in [5.74, 6) is 1.01. The van der Waals surface area contributed by atoms with E-state index in [-0.39, 0.29) is 17.4 Å². The van der Waals surface area contributed by atoms with Crippen molar-refractivity contribution in [2.45, 2.75) is 19.3 Å². The number of likely N-dealkylation sites (tertiary alicyclic amines) is 1. The van der Waals surface area contributed by atoms with Crippen LogP contribution in [0.25, 0.3) is 0 Å². The standard InChI is InChI=1S/C14H20N4O2/c1-16-10-15-12(8-13(16)19)18-7-4-11(9-18)14(20)17-5-2-3-6-17/h8,10-11H,2-7,9H2,1H3. The summed E-state index contributed by atoms with van der Waals surface area (Å²) in [6.45, 7) is 3.28. The average Bonchev–Trinajstić information content (AvgIpc) is 3.11. The zero-order valence-electron chi connectivity index (χ0n) is 11.8. The smallest absolute Gasteiger partial charge is 0.255 e. The highest BCUT2D eigenvalue weighted by Crippen LogP contribution is 2.24. The first-order chi connectivity index (χ1) is 9.65. The lowest BCUT2D eigenvalue weighted by Crippen LogP contribution is -2.35. The van der Waals surface area contributed by atoms with E-state index in [1.165, 1.54) is 10.9 Å². The number of amides is 1. The van der Waals surface area contributed by atoms with Crippen molar-refractivity contribution in [2.24, 2.45) is 13.0 Å². The Morgan fingerprint density at radius 2 is 2.05 bits per heavy atom. The van der Waals surface area contributed by atoms with E-state index in [4.69, 9.17) is 0 Å². The third-order valence-corrected chi connectivity index (χ3v) is 4.24. The van der Waals surface area contributed by atoms with Crippen LogP contribution in [0.5, 0.6) is 0 Å². The van der Waals surface area contributed by atoms with E-state index in [1.807, 2.05) is 9.80 Å². The van der Waals surface area contributed by atoms with Crippen LogP contribution < -0.4 is 10.5 Å². The monoisotopic (exact) mass is 276 g/mol. The summed E-state index contributed by atoms with van der Waals surface area (Å²) in [5, 5.41) is 0. The van der Waals surface area contributed by atoms with Crippen molar-refractivity contribution in [2.75, 3.05) is 31.1 Å². The molecule has 0 radical (unpaired) electrons. The van der Waals surface area contributed by atoms with Crippen molar-refractivity contribution in [1.82, 2.24) is 14.5 Å². The first-order valence-corrected chi connectivity index (χ1v) is 7.21. The summed E-state index contributed by atoms with van der Waals surface area (Å²) in [6.07, 6.45) is 4.64. The Bertz CT molecular complexity index is 563. The van der Waals surface area contributed by atoms with Crippen LogP contribution in [0.15, 0.2) is 17.2 Å². The van der Waals surface area contributed by atoms with Gasteiger partial charge >= 0.3 is 0 Å². The van der Waals surface area contributed by atoms with Crippen molar-refractivity contribution < 1.29 is 4.79 Å². The molecule has 1 aromatic heterocycles. The van der Waals surface area contributed by atoms with Gasteiger partial charge in [-0.25, -0.2) is 4.98 Å². The molecule has 6 nitrogen and oxygen atoms in total. The Morgan fingerprint density at radius 3 is 2.75 bits per heavy atom. The Labute approximate surface area is 118 Å². The van der Waals surface area contributed by atoms with E-state index >= 15 is 0 Å². The lowest BCUT2D eigenvalue weighted by molar-refractivity contribution is -0.133.